The molecular weight excluding hydrogens is 332 g/mol. The number of benzene rings is 1. The number of methoxy groups -OCH3 is 1. The summed E-state index contributed by atoms with van der Waals surface area (Å²) in [6, 6.07) is 6.68. The fraction of sp³-hybridized carbons (Fsp3) is 0.375. The topological polar surface area (TPSA) is 93.7 Å². The van der Waals surface area contributed by atoms with Gasteiger partial charge < -0.3 is 20.1 Å². The van der Waals surface area contributed by atoms with Crippen LogP contribution in [0.2, 0.25) is 0 Å². The molecule has 0 saturated carbocycles. The van der Waals surface area contributed by atoms with E-state index in [-0.39, 0.29) is 30.3 Å². The van der Waals surface area contributed by atoms with Gasteiger partial charge >= 0.3 is 5.97 Å². The summed E-state index contributed by atoms with van der Waals surface area (Å²) in [5, 5.41) is 5.41. The molecule has 1 aromatic rings. The Balaban J connectivity index is 2.32. The zero-order valence-electron chi connectivity index (χ0n) is 13.6. The first-order valence-corrected chi connectivity index (χ1v) is 7.69. The van der Waals surface area contributed by atoms with Gasteiger partial charge in [0.15, 0.2) is 10.9 Å². The lowest BCUT2D eigenvalue weighted by molar-refractivity contribution is -0.146. The molecule has 0 spiro atoms. The molecule has 8 heteroatoms. The number of ether oxygens (including phenoxy) is 2. The van der Waals surface area contributed by atoms with Crippen LogP contribution in [0.25, 0.3) is 0 Å². The molecule has 7 nitrogen and oxygen atoms in total. The number of carbonyl (C=O) groups excluding carboxylic acids is 3. The van der Waals surface area contributed by atoms with Crippen LogP contribution in [0.15, 0.2) is 24.3 Å². The molecular formula is C16H20N2O5S. The van der Waals surface area contributed by atoms with Crippen LogP contribution in [-0.2, 0) is 19.1 Å². The van der Waals surface area contributed by atoms with Gasteiger partial charge in [-0.05, 0) is 43.4 Å². The standard InChI is InChI=1S/C16H20N2O5S/c1-11(19)12-3-5-13(6-4-12)17-16(24)18-14(20)7-8-15(21)23-10-9-22-2/h3-6H,7-10H2,1-2H3,(H2,17,18,20,24). The van der Waals surface area contributed by atoms with E-state index in [1.165, 1.54) is 14.0 Å². The van der Waals surface area contributed by atoms with Crippen molar-refractivity contribution in [1.29, 1.82) is 0 Å². The lowest BCUT2D eigenvalue weighted by Gasteiger charge is -2.10. The molecule has 0 aliphatic heterocycles. The zero-order valence-corrected chi connectivity index (χ0v) is 14.4. The fourth-order valence-corrected chi connectivity index (χ4v) is 1.90. The quantitative estimate of drug-likeness (QED) is 0.318. The molecule has 0 aliphatic rings. The number of carbonyl (C=O) groups is 3. The van der Waals surface area contributed by atoms with Crippen molar-refractivity contribution in [2.75, 3.05) is 25.6 Å². The summed E-state index contributed by atoms with van der Waals surface area (Å²) in [6.07, 6.45) is -0.0671. The number of hydrogen-bond acceptors (Lipinski definition) is 6. The minimum absolute atomic E-state index is 0.0308. The number of rotatable bonds is 8. The predicted molar refractivity (Wildman–Crippen MR) is 92.9 cm³/mol. The van der Waals surface area contributed by atoms with E-state index in [0.717, 1.165) is 0 Å². The molecule has 0 saturated heterocycles. The molecule has 1 rings (SSSR count). The lowest BCUT2D eigenvalue weighted by atomic mass is 10.1. The highest BCUT2D eigenvalue weighted by Crippen LogP contribution is 2.09. The van der Waals surface area contributed by atoms with E-state index in [4.69, 9.17) is 21.7 Å². The third kappa shape index (κ3) is 7.80. The smallest absolute Gasteiger partial charge is 0.306 e. The molecule has 0 radical (unpaired) electrons. The highest BCUT2D eigenvalue weighted by atomic mass is 32.1. The average Bonchev–Trinajstić information content (AvgIpc) is 2.53. The number of thiocarbonyl (C=S) groups is 1. The number of amides is 1. The van der Waals surface area contributed by atoms with Gasteiger partial charge in [0.25, 0.3) is 0 Å². The lowest BCUT2D eigenvalue weighted by Crippen LogP contribution is -2.34. The summed E-state index contributed by atoms with van der Waals surface area (Å²) >= 11 is 5.02. The number of esters is 1. The van der Waals surface area contributed by atoms with Gasteiger partial charge in [0.2, 0.25) is 5.91 Å². The molecule has 24 heavy (non-hydrogen) atoms. The number of hydrogen-bond donors (Lipinski definition) is 2. The Morgan fingerprint density at radius 3 is 2.33 bits per heavy atom. The summed E-state index contributed by atoms with van der Waals surface area (Å²) in [6.45, 7) is 1.95. The molecule has 0 aromatic heterocycles. The van der Waals surface area contributed by atoms with Gasteiger partial charge in [-0.15, -0.1) is 0 Å². The largest absolute Gasteiger partial charge is 0.463 e. The first kappa shape index (κ1) is 19.7. The molecule has 2 N–H and O–H groups in total. The van der Waals surface area contributed by atoms with Gasteiger partial charge in [0, 0.05) is 24.8 Å². The average molecular weight is 352 g/mol. The fourth-order valence-electron chi connectivity index (χ4n) is 1.67. The molecule has 0 bridgehead atoms. The van der Waals surface area contributed by atoms with Crippen molar-refractivity contribution < 1.29 is 23.9 Å². The summed E-state index contributed by atoms with van der Waals surface area (Å²) in [4.78, 5) is 34.2. The van der Waals surface area contributed by atoms with E-state index in [2.05, 4.69) is 10.6 Å². The second-order valence-electron chi connectivity index (χ2n) is 4.85. The van der Waals surface area contributed by atoms with Crippen LogP contribution in [0.5, 0.6) is 0 Å². The molecule has 130 valence electrons. The van der Waals surface area contributed by atoms with Crippen molar-refractivity contribution in [3.8, 4) is 0 Å². The van der Waals surface area contributed by atoms with E-state index in [9.17, 15) is 14.4 Å². The number of nitrogens with one attached hydrogen (secondary N) is 2. The third-order valence-electron chi connectivity index (χ3n) is 2.91. The van der Waals surface area contributed by atoms with E-state index in [0.29, 0.717) is 17.9 Å². The Morgan fingerprint density at radius 2 is 1.75 bits per heavy atom. The van der Waals surface area contributed by atoms with Crippen LogP contribution in [0, 0.1) is 0 Å². The Hall–Kier alpha value is -2.32. The van der Waals surface area contributed by atoms with Crippen LogP contribution in [-0.4, -0.2) is 43.1 Å². The third-order valence-corrected chi connectivity index (χ3v) is 3.11. The molecule has 0 unspecified atom stereocenters. The second kappa shape index (κ2) is 10.5. The Labute approximate surface area is 145 Å². The Kier molecular flexibility index (Phi) is 8.59. The van der Waals surface area contributed by atoms with Crippen molar-refractivity contribution >= 4 is 40.7 Å². The van der Waals surface area contributed by atoms with Crippen molar-refractivity contribution in [2.24, 2.45) is 0 Å². The SMILES string of the molecule is COCCOC(=O)CCC(=O)NC(=S)Nc1ccc(C(C)=O)cc1. The summed E-state index contributed by atoms with van der Waals surface area (Å²) < 4.78 is 9.59. The van der Waals surface area contributed by atoms with Crippen molar-refractivity contribution in [3.05, 3.63) is 29.8 Å². The molecule has 0 atom stereocenters. The van der Waals surface area contributed by atoms with Gasteiger partial charge in [-0.3, -0.25) is 14.4 Å². The summed E-state index contributed by atoms with van der Waals surface area (Å²) in [5.41, 5.74) is 1.23. The Morgan fingerprint density at radius 1 is 1.08 bits per heavy atom. The maximum Gasteiger partial charge on any atom is 0.306 e. The van der Waals surface area contributed by atoms with Gasteiger partial charge in [0.1, 0.15) is 6.61 Å². The van der Waals surface area contributed by atoms with E-state index >= 15 is 0 Å². The van der Waals surface area contributed by atoms with E-state index in [1.807, 2.05) is 0 Å². The molecule has 0 aliphatic carbocycles. The highest BCUT2D eigenvalue weighted by molar-refractivity contribution is 7.80. The monoisotopic (exact) mass is 352 g/mol. The van der Waals surface area contributed by atoms with Crippen LogP contribution in [0.1, 0.15) is 30.1 Å². The van der Waals surface area contributed by atoms with E-state index in [1.54, 1.807) is 24.3 Å². The van der Waals surface area contributed by atoms with Crippen LogP contribution >= 0.6 is 12.2 Å². The van der Waals surface area contributed by atoms with Gasteiger partial charge in [0.05, 0.1) is 13.0 Å². The van der Waals surface area contributed by atoms with Gasteiger partial charge in [-0.1, -0.05) is 0 Å². The van der Waals surface area contributed by atoms with Crippen molar-refractivity contribution in [1.82, 2.24) is 5.32 Å². The normalized spacial score (nSPS) is 9.92. The van der Waals surface area contributed by atoms with Crippen LogP contribution in [0.3, 0.4) is 0 Å². The maximum absolute atomic E-state index is 11.7. The second-order valence-corrected chi connectivity index (χ2v) is 5.26. The summed E-state index contributed by atoms with van der Waals surface area (Å²) in [5.74, 6) is -0.896. The molecule has 1 amide bonds. The Bertz CT molecular complexity index is 601. The van der Waals surface area contributed by atoms with Crippen LogP contribution in [0.4, 0.5) is 5.69 Å². The molecule has 0 fully saturated rings. The highest BCUT2D eigenvalue weighted by Gasteiger charge is 2.10. The van der Waals surface area contributed by atoms with E-state index < -0.39 is 11.9 Å². The molecule has 1 aromatic carbocycles. The van der Waals surface area contributed by atoms with Crippen LogP contribution < -0.4 is 10.6 Å². The van der Waals surface area contributed by atoms with Crippen molar-refractivity contribution in [2.45, 2.75) is 19.8 Å². The minimum atomic E-state index is -0.471. The first-order chi connectivity index (χ1) is 11.4. The first-order valence-electron chi connectivity index (χ1n) is 7.28. The zero-order chi connectivity index (χ0) is 17.9. The number of Topliss-reactive ketones (excluding diaryl/α,β-unsaturated/α-hetero) is 1. The summed E-state index contributed by atoms with van der Waals surface area (Å²) in [7, 11) is 1.50. The maximum atomic E-state index is 11.7. The minimum Gasteiger partial charge on any atom is -0.463 e. The number of ketones is 1. The van der Waals surface area contributed by atoms with Gasteiger partial charge in [-0.25, -0.2) is 0 Å². The predicted octanol–water partition coefficient (Wildman–Crippen LogP) is 1.67. The molecule has 0 heterocycles. The van der Waals surface area contributed by atoms with Gasteiger partial charge in [-0.2, -0.15) is 0 Å². The van der Waals surface area contributed by atoms with Crippen molar-refractivity contribution in [3.63, 3.8) is 0 Å². The number of anilines is 1.